The average Bonchev–Trinajstić information content (AvgIpc) is 2.62. The van der Waals surface area contributed by atoms with Gasteiger partial charge in [0, 0.05) is 0 Å². The van der Waals surface area contributed by atoms with Crippen LogP contribution in [0.3, 0.4) is 0 Å². The first-order valence-electron chi connectivity index (χ1n) is 8.68. The SMILES string of the molecule is CCCCCc1cc(-c2ccc3cc(C(=O)O)ccc3c2)ccc1O. The van der Waals surface area contributed by atoms with Crippen LogP contribution >= 0.6 is 0 Å². The van der Waals surface area contributed by atoms with E-state index in [1.54, 1.807) is 18.2 Å². The molecule has 2 N–H and O–H groups in total. The van der Waals surface area contributed by atoms with Gasteiger partial charge in [-0.3, -0.25) is 0 Å². The molecule has 0 saturated heterocycles. The quantitative estimate of drug-likeness (QED) is 0.573. The van der Waals surface area contributed by atoms with Crippen molar-refractivity contribution in [3.05, 3.63) is 65.7 Å². The van der Waals surface area contributed by atoms with Crippen LogP contribution in [0.15, 0.2) is 54.6 Å². The number of hydrogen-bond donors (Lipinski definition) is 2. The Morgan fingerprint density at radius 3 is 2.32 bits per heavy atom. The Balaban J connectivity index is 1.94. The Morgan fingerprint density at radius 2 is 1.56 bits per heavy atom. The number of hydrogen-bond acceptors (Lipinski definition) is 2. The number of phenols is 1. The third kappa shape index (κ3) is 3.82. The fourth-order valence-corrected chi connectivity index (χ4v) is 3.09. The lowest BCUT2D eigenvalue weighted by atomic mass is 9.97. The first kappa shape index (κ1) is 17.0. The van der Waals surface area contributed by atoms with Crippen molar-refractivity contribution in [1.29, 1.82) is 0 Å². The van der Waals surface area contributed by atoms with E-state index in [2.05, 4.69) is 19.1 Å². The second kappa shape index (κ2) is 7.39. The van der Waals surface area contributed by atoms with Crippen molar-refractivity contribution in [3.8, 4) is 16.9 Å². The molecule has 3 rings (SSSR count). The number of aromatic hydroxyl groups is 1. The van der Waals surface area contributed by atoms with E-state index in [4.69, 9.17) is 5.11 Å². The van der Waals surface area contributed by atoms with Crippen LogP contribution in [-0.4, -0.2) is 16.2 Å². The molecule has 0 aliphatic heterocycles. The molecule has 0 bridgehead atoms. The molecule has 3 heteroatoms. The lowest BCUT2D eigenvalue weighted by Crippen LogP contribution is -1.95. The molecule has 3 aromatic rings. The van der Waals surface area contributed by atoms with Crippen molar-refractivity contribution in [2.75, 3.05) is 0 Å². The second-order valence-corrected chi connectivity index (χ2v) is 6.38. The highest BCUT2D eigenvalue weighted by molar-refractivity contribution is 5.95. The smallest absolute Gasteiger partial charge is 0.335 e. The molecule has 25 heavy (non-hydrogen) atoms. The van der Waals surface area contributed by atoms with Crippen molar-refractivity contribution in [1.82, 2.24) is 0 Å². The van der Waals surface area contributed by atoms with Gasteiger partial charge in [0.05, 0.1) is 5.56 Å². The minimum atomic E-state index is -0.916. The van der Waals surface area contributed by atoms with Crippen molar-refractivity contribution < 1.29 is 15.0 Å². The van der Waals surface area contributed by atoms with Crippen molar-refractivity contribution in [2.45, 2.75) is 32.6 Å². The van der Waals surface area contributed by atoms with Crippen LogP contribution in [0.2, 0.25) is 0 Å². The predicted octanol–water partition coefficient (Wildman–Crippen LogP) is 5.64. The number of benzene rings is 3. The van der Waals surface area contributed by atoms with Crippen LogP contribution in [0.1, 0.15) is 42.1 Å². The largest absolute Gasteiger partial charge is 0.508 e. The number of unbranched alkanes of at least 4 members (excludes halogenated alkanes) is 2. The van der Waals surface area contributed by atoms with Crippen LogP contribution in [0.25, 0.3) is 21.9 Å². The highest BCUT2D eigenvalue weighted by Gasteiger charge is 2.07. The molecule has 0 heterocycles. The van der Waals surface area contributed by atoms with Crippen molar-refractivity contribution in [2.24, 2.45) is 0 Å². The molecular weight excluding hydrogens is 312 g/mol. The Labute approximate surface area is 147 Å². The molecule has 0 atom stereocenters. The Hall–Kier alpha value is -2.81. The molecular formula is C22H22O3. The van der Waals surface area contributed by atoms with E-state index in [9.17, 15) is 9.90 Å². The summed E-state index contributed by atoms with van der Waals surface area (Å²) in [5, 5.41) is 21.1. The number of rotatable bonds is 6. The predicted molar refractivity (Wildman–Crippen MR) is 101 cm³/mol. The van der Waals surface area contributed by atoms with Gasteiger partial charge in [-0.2, -0.15) is 0 Å². The zero-order valence-corrected chi connectivity index (χ0v) is 14.3. The third-order valence-electron chi connectivity index (χ3n) is 4.55. The zero-order chi connectivity index (χ0) is 17.8. The van der Waals surface area contributed by atoms with E-state index >= 15 is 0 Å². The average molecular weight is 334 g/mol. The summed E-state index contributed by atoms with van der Waals surface area (Å²) in [7, 11) is 0. The highest BCUT2D eigenvalue weighted by Crippen LogP contribution is 2.29. The molecule has 128 valence electrons. The minimum absolute atomic E-state index is 0.295. The zero-order valence-electron chi connectivity index (χ0n) is 14.3. The molecule has 3 nitrogen and oxygen atoms in total. The number of fused-ring (bicyclic) bond motifs is 1. The summed E-state index contributed by atoms with van der Waals surface area (Å²) in [4.78, 5) is 11.1. The molecule has 0 aliphatic carbocycles. The fourth-order valence-electron chi connectivity index (χ4n) is 3.09. The van der Waals surface area contributed by atoms with Crippen LogP contribution in [0.4, 0.5) is 0 Å². The molecule has 0 aromatic heterocycles. The van der Waals surface area contributed by atoms with Crippen molar-refractivity contribution >= 4 is 16.7 Å². The number of aryl methyl sites for hydroxylation is 1. The molecule has 0 spiro atoms. The highest BCUT2D eigenvalue weighted by atomic mass is 16.4. The third-order valence-corrected chi connectivity index (χ3v) is 4.55. The van der Waals surface area contributed by atoms with Gasteiger partial charge in [0.25, 0.3) is 0 Å². The summed E-state index contributed by atoms with van der Waals surface area (Å²) in [5.41, 5.74) is 3.40. The van der Waals surface area contributed by atoms with E-state index in [1.807, 2.05) is 24.3 Å². The summed E-state index contributed by atoms with van der Waals surface area (Å²) < 4.78 is 0. The molecule has 3 aromatic carbocycles. The van der Waals surface area contributed by atoms with Gasteiger partial charge < -0.3 is 10.2 Å². The standard InChI is InChI=1S/C22H22O3/c1-2-3-4-5-19-13-18(10-11-21(19)23)15-6-7-17-14-20(22(24)25)9-8-16(17)12-15/h6-14,23H,2-5H2,1H3,(H,24,25). The van der Waals surface area contributed by atoms with Crippen LogP contribution in [0, 0.1) is 0 Å². The topological polar surface area (TPSA) is 57.5 Å². The summed E-state index contributed by atoms with van der Waals surface area (Å²) in [6, 6.07) is 16.9. The Bertz CT molecular complexity index is 912. The summed E-state index contributed by atoms with van der Waals surface area (Å²) >= 11 is 0. The first-order chi connectivity index (χ1) is 12.1. The number of carboxylic acids is 1. The minimum Gasteiger partial charge on any atom is -0.508 e. The molecule has 0 radical (unpaired) electrons. The van der Waals surface area contributed by atoms with Gasteiger partial charge in [-0.05, 0) is 70.6 Å². The summed E-state index contributed by atoms with van der Waals surface area (Å²) in [6.45, 7) is 2.17. The van der Waals surface area contributed by atoms with Gasteiger partial charge in [0.15, 0.2) is 0 Å². The molecule has 0 aliphatic rings. The number of carboxylic acid groups (broad SMARTS) is 1. The van der Waals surface area contributed by atoms with Crippen LogP contribution in [-0.2, 0) is 6.42 Å². The molecule has 0 unspecified atom stereocenters. The van der Waals surface area contributed by atoms with Gasteiger partial charge in [0.2, 0.25) is 0 Å². The lowest BCUT2D eigenvalue weighted by molar-refractivity contribution is 0.0697. The maximum Gasteiger partial charge on any atom is 0.335 e. The maximum absolute atomic E-state index is 11.1. The molecule has 0 saturated carbocycles. The molecule has 0 fully saturated rings. The van der Waals surface area contributed by atoms with E-state index in [0.29, 0.717) is 11.3 Å². The first-order valence-corrected chi connectivity index (χ1v) is 8.68. The lowest BCUT2D eigenvalue weighted by Gasteiger charge is -2.09. The summed E-state index contributed by atoms with van der Waals surface area (Å²) in [5.74, 6) is -0.562. The number of phenolic OH excluding ortho intramolecular Hbond substituents is 1. The van der Waals surface area contributed by atoms with E-state index in [0.717, 1.165) is 53.1 Å². The van der Waals surface area contributed by atoms with Gasteiger partial charge in [0.1, 0.15) is 5.75 Å². The van der Waals surface area contributed by atoms with Crippen LogP contribution in [0.5, 0.6) is 5.75 Å². The Morgan fingerprint density at radius 1 is 0.880 bits per heavy atom. The van der Waals surface area contributed by atoms with E-state index in [1.165, 1.54) is 0 Å². The van der Waals surface area contributed by atoms with Gasteiger partial charge >= 0.3 is 5.97 Å². The normalized spacial score (nSPS) is 10.9. The van der Waals surface area contributed by atoms with Crippen molar-refractivity contribution in [3.63, 3.8) is 0 Å². The number of aromatic carboxylic acids is 1. The monoisotopic (exact) mass is 334 g/mol. The fraction of sp³-hybridized carbons (Fsp3) is 0.227. The Kier molecular flexibility index (Phi) is 5.03. The van der Waals surface area contributed by atoms with Gasteiger partial charge in [-0.15, -0.1) is 0 Å². The number of carbonyl (C=O) groups is 1. The van der Waals surface area contributed by atoms with E-state index in [-0.39, 0.29) is 0 Å². The van der Waals surface area contributed by atoms with Crippen LogP contribution < -0.4 is 0 Å². The van der Waals surface area contributed by atoms with Gasteiger partial charge in [-0.1, -0.05) is 44.0 Å². The van der Waals surface area contributed by atoms with Gasteiger partial charge in [-0.25, -0.2) is 4.79 Å². The second-order valence-electron chi connectivity index (χ2n) is 6.38. The maximum atomic E-state index is 11.1. The summed E-state index contributed by atoms with van der Waals surface area (Å²) in [6.07, 6.45) is 4.27. The molecule has 0 amide bonds. The van der Waals surface area contributed by atoms with E-state index < -0.39 is 5.97 Å².